The lowest BCUT2D eigenvalue weighted by Gasteiger charge is -2.10. The summed E-state index contributed by atoms with van der Waals surface area (Å²) in [4.78, 5) is 14.4. The Kier molecular flexibility index (Phi) is 4.45. The predicted molar refractivity (Wildman–Crippen MR) is 94.5 cm³/mol. The van der Waals surface area contributed by atoms with Crippen molar-refractivity contribution in [2.45, 2.75) is 25.3 Å². The number of aromatic amines is 1. The number of benzene rings is 2. The molecule has 7 heteroatoms. The molecule has 2 N–H and O–H groups in total. The summed E-state index contributed by atoms with van der Waals surface area (Å²) >= 11 is 0. The van der Waals surface area contributed by atoms with E-state index in [-0.39, 0.29) is 17.0 Å². The minimum atomic E-state index is -3.75. The molecule has 2 aromatic carbocycles. The Labute approximate surface area is 144 Å². The second kappa shape index (κ2) is 6.42. The average molecular weight is 360 g/mol. The number of hydrogen-bond donors (Lipinski definition) is 2. The van der Waals surface area contributed by atoms with E-state index in [4.69, 9.17) is 0 Å². The van der Waals surface area contributed by atoms with Gasteiger partial charge in [0, 0.05) is 17.6 Å². The van der Waals surface area contributed by atoms with Crippen LogP contribution >= 0.6 is 0 Å². The fourth-order valence-electron chi connectivity index (χ4n) is 2.65. The van der Waals surface area contributed by atoms with Crippen molar-refractivity contribution in [3.63, 3.8) is 0 Å². The van der Waals surface area contributed by atoms with Crippen LogP contribution in [0.1, 0.15) is 16.7 Å². The van der Waals surface area contributed by atoms with E-state index in [1.807, 2.05) is 6.07 Å². The molecule has 1 heterocycles. The van der Waals surface area contributed by atoms with Gasteiger partial charge in [-0.2, -0.15) is 0 Å². The van der Waals surface area contributed by atoms with Crippen LogP contribution in [0.4, 0.5) is 4.39 Å². The van der Waals surface area contributed by atoms with E-state index < -0.39 is 15.8 Å². The second-order valence-corrected chi connectivity index (χ2v) is 7.67. The van der Waals surface area contributed by atoms with E-state index in [0.717, 1.165) is 17.0 Å². The van der Waals surface area contributed by atoms with Crippen LogP contribution in [0.3, 0.4) is 0 Å². The van der Waals surface area contributed by atoms with Crippen molar-refractivity contribution in [1.82, 2.24) is 9.71 Å². The lowest BCUT2D eigenvalue weighted by molar-refractivity contribution is 0.579. The fraction of sp³-hybridized carbons (Fsp3) is 0.167. The lowest BCUT2D eigenvalue weighted by atomic mass is 10.1. The molecule has 0 aliphatic rings. The molecule has 0 atom stereocenters. The molecule has 0 aliphatic heterocycles. The highest BCUT2D eigenvalue weighted by Crippen LogP contribution is 2.18. The minimum absolute atomic E-state index is 0.0508. The van der Waals surface area contributed by atoms with Gasteiger partial charge in [0.1, 0.15) is 5.82 Å². The first-order valence-electron chi connectivity index (χ1n) is 7.65. The Morgan fingerprint density at radius 3 is 2.52 bits per heavy atom. The van der Waals surface area contributed by atoms with Gasteiger partial charge in [-0.3, -0.25) is 4.79 Å². The van der Waals surface area contributed by atoms with Crippen molar-refractivity contribution in [1.29, 1.82) is 0 Å². The molecule has 130 valence electrons. The van der Waals surface area contributed by atoms with Gasteiger partial charge >= 0.3 is 0 Å². The zero-order chi connectivity index (χ0) is 18.2. The van der Waals surface area contributed by atoms with E-state index in [0.29, 0.717) is 16.6 Å². The molecule has 5 nitrogen and oxygen atoms in total. The Hall–Kier alpha value is -2.51. The molecule has 0 unspecified atom stereocenters. The first-order valence-corrected chi connectivity index (χ1v) is 9.13. The minimum Gasteiger partial charge on any atom is -0.322 e. The number of H-pyrrole nitrogens is 1. The molecule has 0 aliphatic carbocycles. The first kappa shape index (κ1) is 17.3. The Balaban J connectivity index is 1.86. The first-order chi connectivity index (χ1) is 11.8. The fourth-order valence-corrected chi connectivity index (χ4v) is 3.89. The SMILES string of the molecule is Cc1cc(F)ccc1S(=O)(=O)NCc1ccc2[nH]c(=O)c(C)cc2c1. The largest absolute Gasteiger partial charge is 0.322 e. The summed E-state index contributed by atoms with van der Waals surface area (Å²) in [7, 11) is -3.75. The number of aryl methyl sites for hydroxylation is 2. The summed E-state index contributed by atoms with van der Waals surface area (Å²) in [5, 5.41) is 0.826. The molecule has 0 bridgehead atoms. The summed E-state index contributed by atoms with van der Waals surface area (Å²) < 4.78 is 40.5. The molecule has 1 aromatic heterocycles. The Bertz CT molecular complexity index is 1120. The molecule has 0 radical (unpaired) electrons. The van der Waals surface area contributed by atoms with Crippen molar-refractivity contribution in [2.75, 3.05) is 0 Å². The van der Waals surface area contributed by atoms with Crippen molar-refractivity contribution in [3.05, 3.63) is 75.3 Å². The van der Waals surface area contributed by atoms with E-state index in [1.54, 1.807) is 32.0 Å². The summed E-state index contributed by atoms with van der Waals surface area (Å²) in [6.45, 7) is 3.35. The van der Waals surface area contributed by atoms with Crippen molar-refractivity contribution in [2.24, 2.45) is 0 Å². The monoisotopic (exact) mass is 360 g/mol. The predicted octanol–water partition coefficient (Wildman–Crippen LogP) is 2.76. The zero-order valence-corrected chi connectivity index (χ0v) is 14.6. The van der Waals surface area contributed by atoms with Gasteiger partial charge in [-0.15, -0.1) is 0 Å². The quantitative estimate of drug-likeness (QED) is 0.751. The maximum Gasteiger partial charge on any atom is 0.251 e. The molecule has 0 fully saturated rings. The molecule has 0 saturated heterocycles. The van der Waals surface area contributed by atoms with E-state index in [2.05, 4.69) is 9.71 Å². The zero-order valence-electron chi connectivity index (χ0n) is 13.8. The third-order valence-electron chi connectivity index (χ3n) is 3.99. The van der Waals surface area contributed by atoms with Gasteiger partial charge in [0.15, 0.2) is 0 Å². The number of nitrogens with one attached hydrogen (secondary N) is 2. The van der Waals surface area contributed by atoms with Crippen LogP contribution in [0.5, 0.6) is 0 Å². The number of hydrogen-bond acceptors (Lipinski definition) is 3. The molecular weight excluding hydrogens is 343 g/mol. The van der Waals surface area contributed by atoms with Gasteiger partial charge in [-0.1, -0.05) is 6.07 Å². The average Bonchev–Trinajstić information content (AvgIpc) is 2.54. The van der Waals surface area contributed by atoms with Crippen LogP contribution in [0.25, 0.3) is 10.9 Å². The van der Waals surface area contributed by atoms with Crippen molar-refractivity contribution in [3.8, 4) is 0 Å². The molecule has 0 amide bonds. The van der Waals surface area contributed by atoms with E-state index in [1.165, 1.54) is 12.1 Å². The topological polar surface area (TPSA) is 79.0 Å². The highest BCUT2D eigenvalue weighted by molar-refractivity contribution is 7.89. The van der Waals surface area contributed by atoms with Crippen LogP contribution in [0, 0.1) is 19.7 Å². The second-order valence-electron chi connectivity index (χ2n) is 5.94. The molecule has 0 saturated carbocycles. The highest BCUT2D eigenvalue weighted by Gasteiger charge is 2.17. The summed E-state index contributed by atoms with van der Waals surface area (Å²) in [6, 6.07) is 10.6. The van der Waals surface area contributed by atoms with Gasteiger partial charge in [0.05, 0.1) is 4.90 Å². The number of aromatic nitrogens is 1. The standard InChI is InChI=1S/C18H17FN2O3S/c1-11-8-15(19)4-6-17(11)25(23,24)20-10-13-3-5-16-14(9-13)7-12(2)18(22)21-16/h3-9,20H,10H2,1-2H3,(H,21,22). The molecule has 0 spiro atoms. The number of sulfonamides is 1. The summed E-state index contributed by atoms with van der Waals surface area (Å²) in [6.07, 6.45) is 0. The smallest absolute Gasteiger partial charge is 0.251 e. The molecular formula is C18H17FN2O3S. The third kappa shape index (κ3) is 3.62. The van der Waals surface area contributed by atoms with E-state index in [9.17, 15) is 17.6 Å². The highest BCUT2D eigenvalue weighted by atomic mass is 32.2. The third-order valence-corrected chi connectivity index (χ3v) is 5.55. The molecule has 3 rings (SSSR count). The number of fused-ring (bicyclic) bond motifs is 1. The normalized spacial score (nSPS) is 11.8. The van der Waals surface area contributed by atoms with E-state index >= 15 is 0 Å². The number of halogens is 1. The summed E-state index contributed by atoms with van der Waals surface area (Å²) in [5.74, 6) is -0.477. The van der Waals surface area contributed by atoms with Crippen LogP contribution in [0.2, 0.25) is 0 Å². The van der Waals surface area contributed by atoms with Gasteiger partial charge in [-0.05, 0) is 66.8 Å². The number of rotatable bonds is 4. The lowest BCUT2D eigenvalue weighted by Crippen LogP contribution is -2.24. The van der Waals surface area contributed by atoms with Crippen LogP contribution in [-0.4, -0.2) is 13.4 Å². The van der Waals surface area contributed by atoms with Gasteiger partial charge < -0.3 is 4.98 Å². The van der Waals surface area contributed by atoms with Gasteiger partial charge in [0.2, 0.25) is 10.0 Å². The maximum atomic E-state index is 13.2. The number of pyridine rings is 1. The van der Waals surface area contributed by atoms with Gasteiger partial charge in [-0.25, -0.2) is 17.5 Å². The summed E-state index contributed by atoms with van der Waals surface area (Å²) in [5.41, 5.74) is 2.23. The molecule has 3 aromatic rings. The van der Waals surface area contributed by atoms with Crippen LogP contribution in [0.15, 0.2) is 52.2 Å². The van der Waals surface area contributed by atoms with Crippen LogP contribution in [-0.2, 0) is 16.6 Å². The van der Waals surface area contributed by atoms with Crippen LogP contribution < -0.4 is 10.3 Å². The van der Waals surface area contributed by atoms with Crippen molar-refractivity contribution >= 4 is 20.9 Å². The Morgan fingerprint density at radius 1 is 1.04 bits per heavy atom. The molecule has 25 heavy (non-hydrogen) atoms. The van der Waals surface area contributed by atoms with Crippen molar-refractivity contribution < 1.29 is 12.8 Å². The van der Waals surface area contributed by atoms with Gasteiger partial charge in [0.25, 0.3) is 5.56 Å². The Morgan fingerprint density at radius 2 is 1.80 bits per heavy atom. The maximum absolute atomic E-state index is 13.2.